The summed E-state index contributed by atoms with van der Waals surface area (Å²) >= 11 is 1.87. The number of nitrogens with two attached hydrogens (primary N) is 1. The number of aryl methyl sites for hydroxylation is 2. The van der Waals surface area contributed by atoms with E-state index in [0.29, 0.717) is 6.54 Å². The average molecular weight is 257 g/mol. The van der Waals surface area contributed by atoms with Crippen LogP contribution >= 0.6 is 11.8 Å². The monoisotopic (exact) mass is 257 g/mol. The molecule has 1 nitrogen and oxygen atoms in total. The molecule has 0 saturated heterocycles. The van der Waals surface area contributed by atoms with Crippen molar-refractivity contribution in [3.8, 4) is 0 Å². The van der Waals surface area contributed by atoms with Gasteiger partial charge in [0, 0.05) is 17.2 Å². The van der Waals surface area contributed by atoms with Gasteiger partial charge in [-0.25, -0.2) is 0 Å². The summed E-state index contributed by atoms with van der Waals surface area (Å²) in [5.41, 5.74) is 10.8. The topological polar surface area (TPSA) is 26.0 Å². The van der Waals surface area contributed by atoms with Gasteiger partial charge in [0.2, 0.25) is 0 Å². The third kappa shape index (κ3) is 3.62. The Morgan fingerprint density at radius 3 is 2.06 bits per heavy atom. The zero-order chi connectivity index (χ0) is 13.0. The molecule has 0 atom stereocenters. The van der Waals surface area contributed by atoms with Crippen molar-refractivity contribution in [3.63, 3.8) is 0 Å². The summed E-state index contributed by atoms with van der Waals surface area (Å²) in [5.74, 6) is 1.02. The van der Waals surface area contributed by atoms with Gasteiger partial charge in [-0.3, -0.25) is 0 Å². The highest BCUT2D eigenvalue weighted by molar-refractivity contribution is 7.98. The van der Waals surface area contributed by atoms with Crippen molar-refractivity contribution in [2.24, 2.45) is 5.73 Å². The molecule has 0 aliphatic heterocycles. The Kier molecular flexibility index (Phi) is 4.45. The molecule has 0 unspecified atom stereocenters. The van der Waals surface area contributed by atoms with Crippen molar-refractivity contribution in [3.05, 3.63) is 64.7 Å². The van der Waals surface area contributed by atoms with E-state index in [2.05, 4.69) is 56.3 Å². The molecule has 0 bridgehead atoms. The maximum Gasteiger partial charge on any atom is 0.0232 e. The summed E-state index contributed by atoms with van der Waals surface area (Å²) in [6.45, 7) is 4.91. The minimum Gasteiger partial charge on any atom is -0.326 e. The largest absolute Gasteiger partial charge is 0.326 e. The maximum atomic E-state index is 5.59. The Morgan fingerprint density at radius 1 is 0.889 bits per heavy atom. The molecule has 2 rings (SSSR count). The van der Waals surface area contributed by atoms with Crippen LogP contribution in [0.25, 0.3) is 0 Å². The van der Waals surface area contributed by atoms with Crippen molar-refractivity contribution < 1.29 is 0 Å². The predicted molar refractivity (Wildman–Crippen MR) is 79.8 cm³/mol. The fourth-order valence-corrected chi connectivity index (χ4v) is 2.87. The van der Waals surface area contributed by atoms with E-state index in [4.69, 9.17) is 5.73 Å². The Morgan fingerprint density at radius 2 is 1.50 bits per heavy atom. The standard InChI is InChI=1S/C16H19NS/c1-12-7-13(2)9-15(8-12)11-18-16-5-3-14(10-17)4-6-16/h3-9H,10-11,17H2,1-2H3. The molecule has 0 spiro atoms. The van der Waals surface area contributed by atoms with Gasteiger partial charge < -0.3 is 5.73 Å². The van der Waals surface area contributed by atoms with Crippen molar-refractivity contribution in [1.82, 2.24) is 0 Å². The molecule has 0 amide bonds. The molecule has 18 heavy (non-hydrogen) atoms. The summed E-state index contributed by atoms with van der Waals surface area (Å²) in [7, 11) is 0. The van der Waals surface area contributed by atoms with Crippen LogP contribution in [0.3, 0.4) is 0 Å². The molecular formula is C16H19NS. The van der Waals surface area contributed by atoms with Crippen LogP contribution in [0.1, 0.15) is 22.3 Å². The number of thioether (sulfide) groups is 1. The molecule has 2 heteroatoms. The number of hydrogen-bond acceptors (Lipinski definition) is 2. The molecule has 2 aromatic carbocycles. The van der Waals surface area contributed by atoms with Crippen molar-refractivity contribution in [2.45, 2.75) is 31.0 Å². The Labute approximate surface area is 113 Å². The normalized spacial score (nSPS) is 10.6. The van der Waals surface area contributed by atoms with Gasteiger partial charge in [-0.2, -0.15) is 0 Å². The van der Waals surface area contributed by atoms with Crippen LogP contribution in [-0.2, 0) is 12.3 Å². The van der Waals surface area contributed by atoms with E-state index in [1.165, 1.54) is 27.1 Å². The van der Waals surface area contributed by atoms with Gasteiger partial charge in [-0.05, 0) is 37.1 Å². The molecule has 94 valence electrons. The summed E-state index contributed by atoms with van der Waals surface area (Å²) in [5, 5.41) is 0. The Bertz CT molecular complexity index is 497. The van der Waals surface area contributed by atoms with Gasteiger partial charge in [-0.1, -0.05) is 41.5 Å². The zero-order valence-corrected chi connectivity index (χ0v) is 11.8. The Hall–Kier alpha value is -1.25. The molecule has 0 heterocycles. The second-order valence-corrected chi connectivity index (χ2v) is 5.68. The van der Waals surface area contributed by atoms with E-state index in [-0.39, 0.29) is 0 Å². The smallest absolute Gasteiger partial charge is 0.0232 e. The molecule has 0 radical (unpaired) electrons. The fraction of sp³-hybridized carbons (Fsp3) is 0.250. The lowest BCUT2D eigenvalue weighted by molar-refractivity contribution is 1.07. The molecule has 0 saturated carbocycles. The van der Waals surface area contributed by atoms with Gasteiger partial charge in [0.15, 0.2) is 0 Å². The summed E-state index contributed by atoms with van der Waals surface area (Å²) in [6.07, 6.45) is 0. The van der Waals surface area contributed by atoms with Gasteiger partial charge in [0.1, 0.15) is 0 Å². The van der Waals surface area contributed by atoms with Crippen LogP contribution in [-0.4, -0.2) is 0 Å². The lowest BCUT2D eigenvalue weighted by atomic mass is 10.1. The number of benzene rings is 2. The highest BCUT2D eigenvalue weighted by Crippen LogP contribution is 2.24. The molecule has 0 fully saturated rings. The van der Waals surface area contributed by atoms with E-state index in [1.807, 2.05) is 11.8 Å². The first-order valence-corrected chi connectivity index (χ1v) is 7.15. The van der Waals surface area contributed by atoms with Gasteiger partial charge in [-0.15, -0.1) is 11.8 Å². The molecular weight excluding hydrogens is 238 g/mol. The van der Waals surface area contributed by atoms with Crippen molar-refractivity contribution >= 4 is 11.8 Å². The van der Waals surface area contributed by atoms with E-state index >= 15 is 0 Å². The molecule has 0 aliphatic carbocycles. The highest BCUT2D eigenvalue weighted by Gasteiger charge is 1.99. The van der Waals surface area contributed by atoms with Gasteiger partial charge in [0.05, 0.1) is 0 Å². The average Bonchev–Trinajstić information content (AvgIpc) is 2.36. The lowest BCUT2D eigenvalue weighted by Gasteiger charge is -2.06. The van der Waals surface area contributed by atoms with Gasteiger partial charge in [0.25, 0.3) is 0 Å². The quantitative estimate of drug-likeness (QED) is 0.836. The molecule has 2 aromatic rings. The van der Waals surface area contributed by atoms with Crippen LogP contribution in [0.5, 0.6) is 0 Å². The molecule has 0 aliphatic rings. The second-order valence-electron chi connectivity index (χ2n) is 4.63. The van der Waals surface area contributed by atoms with E-state index < -0.39 is 0 Å². The van der Waals surface area contributed by atoms with Crippen LogP contribution in [0, 0.1) is 13.8 Å². The first-order chi connectivity index (χ1) is 8.67. The first kappa shape index (κ1) is 13.2. The lowest BCUT2D eigenvalue weighted by Crippen LogP contribution is -1.95. The third-order valence-electron chi connectivity index (χ3n) is 2.85. The van der Waals surface area contributed by atoms with Crippen LogP contribution in [0.4, 0.5) is 0 Å². The van der Waals surface area contributed by atoms with E-state index in [9.17, 15) is 0 Å². The maximum absolute atomic E-state index is 5.59. The van der Waals surface area contributed by atoms with Crippen LogP contribution < -0.4 is 5.73 Å². The summed E-state index contributed by atoms with van der Waals surface area (Å²) in [6, 6.07) is 15.2. The third-order valence-corrected chi connectivity index (χ3v) is 3.93. The first-order valence-electron chi connectivity index (χ1n) is 6.16. The van der Waals surface area contributed by atoms with Crippen molar-refractivity contribution in [2.75, 3.05) is 0 Å². The zero-order valence-electron chi connectivity index (χ0n) is 10.9. The second kappa shape index (κ2) is 6.07. The van der Waals surface area contributed by atoms with E-state index in [1.54, 1.807) is 0 Å². The van der Waals surface area contributed by atoms with Gasteiger partial charge >= 0.3 is 0 Å². The SMILES string of the molecule is Cc1cc(C)cc(CSc2ccc(CN)cc2)c1. The Balaban J connectivity index is 2.01. The predicted octanol–water partition coefficient (Wildman–Crippen LogP) is 4.05. The number of hydrogen-bond donors (Lipinski definition) is 1. The highest BCUT2D eigenvalue weighted by atomic mass is 32.2. The van der Waals surface area contributed by atoms with Crippen LogP contribution in [0.2, 0.25) is 0 Å². The fourth-order valence-electron chi connectivity index (χ4n) is 2.04. The van der Waals surface area contributed by atoms with E-state index in [0.717, 1.165) is 5.75 Å². The minimum absolute atomic E-state index is 0.613. The number of rotatable bonds is 4. The summed E-state index contributed by atoms with van der Waals surface area (Å²) in [4.78, 5) is 1.30. The van der Waals surface area contributed by atoms with Crippen LogP contribution in [0.15, 0.2) is 47.4 Å². The minimum atomic E-state index is 0.613. The summed E-state index contributed by atoms with van der Waals surface area (Å²) < 4.78 is 0. The molecule has 0 aromatic heterocycles. The molecule has 2 N–H and O–H groups in total. The van der Waals surface area contributed by atoms with Crippen molar-refractivity contribution in [1.29, 1.82) is 0 Å².